The maximum atomic E-state index is 10.3. The molecule has 0 unspecified atom stereocenters. The molecular formula is C20H34NO2+. The van der Waals surface area contributed by atoms with Crippen molar-refractivity contribution in [1.29, 1.82) is 0 Å². The molecule has 1 aromatic carbocycles. The van der Waals surface area contributed by atoms with E-state index in [4.69, 9.17) is 4.74 Å². The molecule has 3 N–H and O–H groups in total. The van der Waals surface area contributed by atoms with Crippen LogP contribution in [0.1, 0.15) is 61.6 Å². The predicted octanol–water partition coefficient (Wildman–Crippen LogP) is 3.03. The SMILES string of the molecule is Cc1ccc(C)c(OC[C@H](O)C[NH2+]C2CCCCCCC2)c1C. The number of aryl methyl sites for hydroxylation is 2. The van der Waals surface area contributed by atoms with Gasteiger partial charge in [0.25, 0.3) is 0 Å². The van der Waals surface area contributed by atoms with E-state index in [-0.39, 0.29) is 0 Å². The molecular weight excluding hydrogens is 286 g/mol. The fraction of sp³-hybridized carbons (Fsp3) is 0.700. The van der Waals surface area contributed by atoms with E-state index in [0.717, 1.165) is 17.9 Å². The number of nitrogens with two attached hydrogens (primary N) is 1. The van der Waals surface area contributed by atoms with Gasteiger partial charge in [-0.2, -0.15) is 0 Å². The van der Waals surface area contributed by atoms with Gasteiger partial charge in [0.2, 0.25) is 0 Å². The molecule has 0 amide bonds. The molecule has 0 bridgehead atoms. The topological polar surface area (TPSA) is 46.1 Å². The van der Waals surface area contributed by atoms with Crippen molar-refractivity contribution >= 4 is 0 Å². The molecule has 2 rings (SSSR count). The second-order valence-corrected chi connectivity index (χ2v) is 7.19. The molecule has 1 aliphatic carbocycles. The van der Waals surface area contributed by atoms with Crippen LogP contribution in [-0.2, 0) is 0 Å². The molecule has 0 saturated heterocycles. The van der Waals surface area contributed by atoms with Gasteiger partial charge < -0.3 is 15.2 Å². The van der Waals surface area contributed by atoms with E-state index in [1.807, 2.05) is 0 Å². The maximum Gasteiger partial charge on any atom is 0.137 e. The zero-order valence-corrected chi connectivity index (χ0v) is 15.1. The van der Waals surface area contributed by atoms with E-state index < -0.39 is 6.10 Å². The Balaban J connectivity index is 1.76. The highest BCUT2D eigenvalue weighted by molar-refractivity contribution is 5.44. The second-order valence-electron chi connectivity index (χ2n) is 7.19. The van der Waals surface area contributed by atoms with Gasteiger partial charge in [0, 0.05) is 0 Å². The van der Waals surface area contributed by atoms with E-state index >= 15 is 0 Å². The Morgan fingerprint density at radius 3 is 2.35 bits per heavy atom. The fourth-order valence-corrected chi connectivity index (χ4v) is 3.47. The summed E-state index contributed by atoms with van der Waals surface area (Å²) in [7, 11) is 0. The van der Waals surface area contributed by atoms with Gasteiger partial charge in [-0.05, 0) is 63.1 Å². The highest BCUT2D eigenvalue weighted by Gasteiger charge is 2.17. The lowest BCUT2D eigenvalue weighted by Crippen LogP contribution is -2.92. The van der Waals surface area contributed by atoms with Crippen LogP contribution in [0.4, 0.5) is 0 Å². The quantitative estimate of drug-likeness (QED) is 0.846. The first-order chi connectivity index (χ1) is 11.1. The minimum atomic E-state index is -0.403. The Bertz CT molecular complexity index is 479. The van der Waals surface area contributed by atoms with Crippen molar-refractivity contribution in [1.82, 2.24) is 0 Å². The van der Waals surface area contributed by atoms with E-state index in [9.17, 15) is 5.11 Å². The van der Waals surface area contributed by atoms with Crippen molar-refractivity contribution in [2.75, 3.05) is 13.2 Å². The van der Waals surface area contributed by atoms with Gasteiger partial charge in [-0.3, -0.25) is 0 Å². The summed E-state index contributed by atoms with van der Waals surface area (Å²) in [5.74, 6) is 0.940. The summed E-state index contributed by atoms with van der Waals surface area (Å²) in [6, 6.07) is 4.90. The average molecular weight is 320 g/mol. The molecule has 3 nitrogen and oxygen atoms in total. The van der Waals surface area contributed by atoms with Gasteiger partial charge in [0.15, 0.2) is 0 Å². The third-order valence-electron chi connectivity index (χ3n) is 5.18. The number of ether oxygens (including phenoxy) is 1. The van der Waals surface area contributed by atoms with Crippen molar-refractivity contribution in [3.8, 4) is 5.75 Å². The summed E-state index contributed by atoms with van der Waals surface area (Å²) in [6.07, 6.45) is 9.03. The van der Waals surface area contributed by atoms with Crippen LogP contribution in [0.3, 0.4) is 0 Å². The average Bonchev–Trinajstić information content (AvgIpc) is 2.50. The molecule has 0 heterocycles. The van der Waals surface area contributed by atoms with Gasteiger partial charge in [0.05, 0.1) is 6.04 Å². The lowest BCUT2D eigenvalue weighted by molar-refractivity contribution is -0.696. The summed E-state index contributed by atoms with van der Waals surface area (Å²) in [5, 5.41) is 12.6. The third-order valence-corrected chi connectivity index (χ3v) is 5.18. The van der Waals surface area contributed by atoms with Gasteiger partial charge in [-0.25, -0.2) is 0 Å². The summed E-state index contributed by atoms with van der Waals surface area (Å²) in [6.45, 7) is 7.38. The third kappa shape index (κ3) is 5.82. The number of benzene rings is 1. The molecule has 0 aromatic heterocycles. The molecule has 1 aliphatic rings. The minimum absolute atomic E-state index is 0.383. The van der Waals surface area contributed by atoms with Crippen molar-refractivity contribution in [3.05, 3.63) is 28.8 Å². The van der Waals surface area contributed by atoms with Crippen molar-refractivity contribution in [2.24, 2.45) is 0 Å². The first-order valence-electron chi connectivity index (χ1n) is 9.29. The highest BCUT2D eigenvalue weighted by atomic mass is 16.5. The predicted molar refractivity (Wildman–Crippen MR) is 95.1 cm³/mol. The molecule has 1 atom stereocenters. The monoisotopic (exact) mass is 320 g/mol. The number of hydrogen-bond donors (Lipinski definition) is 2. The van der Waals surface area contributed by atoms with Crippen molar-refractivity contribution in [2.45, 2.75) is 77.9 Å². The summed E-state index contributed by atoms with van der Waals surface area (Å²) in [4.78, 5) is 0. The number of aliphatic hydroxyl groups excluding tert-OH is 1. The lowest BCUT2D eigenvalue weighted by atomic mass is 9.96. The van der Waals surface area contributed by atoms with Crippen LogP contribution >= 0.6 is 0 Å². The molecule has 0 aliphatic heterocycles. The second kappa shape index (κ2) is 9.29. The number of quaternary nitrogens is 1. The largest absolute Gasteiger partial charge is 0.490 e. The van der Waals surface area contributed by atoms with Gasteiger partial charge in [-0.15, -0.1) is 0 Å². The summed E-state index contributed by atoms with van der Waals surface area (Å²) < 4.78 is 5.92. The Hall–Kier alpha value is -1.06. The van der Waals surface area contributed by atoms with Crippen LogP contribution in [0.15, 0.2) is 12.1 Å². The van der Waals surface area contributed by atoms with E-state index in [0.29, 0.717) is 12.6 Å². The Morgan fingerprint density at radius 2 is 1.65 bits per heavy atom. The van der Waals surface area contributed by atoms with Crippen LogP contribution in [0.25, 0.3) is 0 Å². The number of hydrogen-bond acceptors (Lipinski definition) is 2. The Kier molecular flexibility index (Phi) is 7.38. The van der Waals surface area contributed by atoms with Crippen LogP contribution in [0.5, 0.6) is 5.75 Å². The minimum Gasteiger partial charge on any atom is -0.490 e. The summed E-state index contributed by atoms with van der Waals surface area (Å²) in [5.41, 5.74) is 3.56. The van der Waals surface area contributed by atoms with Crippen LogP contribution in [0, 0.1) is 20.8 Å². The maximum absolute atomic E-state index is 10.3. The van der Waals surface area contributed by atoms with Crippen LogP contribution in [0.2, 0.25) is 0 Å². The van der Waals surface area contributed by atoms with Gasteiger partial charge in [-0.1, -0.05) is 31.4 Å². The molecule has 3 heteroatoms. The van der Waals surface area contributed by atoms with Gasteiger partial charge in [0.1, 0.15) is 25.0 Å². The van der Waals surface area contributed by atoms with E-state index in [2.05, 4.69) is 38.2 Å². The standard InChI is InChI=1S/C20H33NO2/c1-15-11-12-16(2)20(17(15)3)23-14-19(22)13-21-18-9-7-5-4-6-8-10-18/h11-12,18-19,21-22H,4-10,13-14H2,1-3H3/p+1/t19-/m1/s1. The zero-order chi connectivity index (χ0) is 16.7. The Labute approximate surface area is 141 Å². The van der Waals surface area contributed by atoms with E-state index in [1.165, 1.54) is 56.1 Å². The van der Waals surface area contributed by atoms with Crippen LogP contribution < -0.4 is 10.1 Å². The molecule has 0 spiro atoms. The smallest absolute Gasteiger partial charge is 0.137 e. The molecule has 1 fully saturated rings. The first-order valence-corrected chi connectivity index (χ1v) is 9.29. The molecule has 23 heavy (non-hydrogen) atoms. The fourth-order valence-electron chi connectivity index (χ4n) is 3.47. The summed E-state index contributed by atoms with van der Waals surface area (Å²) >= 11 is 0. The molecule has 0 radical (unpaired) electrons. The highest BCUT2D eigenvalue weighted by Crippen LogP contribution is 2.25. The lowest BCUT2D eigenvalue weighted by Gasteiger charge is -2.20. The van der Waals surface area contributed by atoms with Crippen LogP contribution in [-0.4, -0.2) is 30.4 Å². The van der Waals surface area contributed by atoms with Crippen molar-refractivity contribution < 1.29 is 15.2 Å². The Morgan fingerprint density at radius 1 is 1.04 bits per heavy atom. The normalized spacial score (nSPS) is 18.3. The zero-order valence-electron chi connectivity index (χ0n) is 15.1. The van der Waals surface area contributed by atoms with E-state index in [1.54, 1.807) is 0 Å². The first kappa shape index (κ1) is 18.3. The van der Waals surface area contributed by atoms with Gasteiger partial charge >= 0.3 is 0 Å². The molecule has 1 aromatic rings. The van der Waals surface area contributed by atoms with Crippen molar-refractivity contribution in [3.63, 3.8) is 0 Å². The number of aliphatic hydroxyl groups is 1. The number of rotatable bonds is 6. The molecule has 130 valence electrons. The molecule has 1 saturated carbocycles.